The van der Waals surface area contributed by atoms with E-state index in [1.165, 1.54) is 0 Å². The molecule has 6 heteroatoms. The van der Waals surface area contributed by atoms with Crippen LogP contribution in [0.5, 0.6) is 5.75 Å². The number of carbonyl (C=O) groups excluding carboxylic acids is 1. The van der Waals surface area contributed by atoms with Crippen LogP contribution in [0.1, 0.15) is 24.1 Å². The molecule has 1 atom stereocenters. The van der Waals surface area contributed by atoms with E-state index in [1.807, 2.05) is 54.6 Å². The number of nitrogens with one attached hydrogen (secondary N) is 2. The smallest absolute Gasteiger partial charge is 0.338 e. The molecule has 2 N–H and O–H groups in total. The first-order valence-corrected chi connectivity index (χ1v) is 9.43. The van der Waals surface area contributed by atoms with E-state index in [9.17, 15) is 4.79 Å². The molecule has 3 rings (SSSR count). The molecule has 1 aliphatic heterocycles. The van der Waals surface area contributed by atoms with Crippen molar-refractivity contribution in [2.24, 2.45) is 0 Å². The number of benzene rings is 2. The first kappa shape index (κ1) is 19.6. The molecule has 2 aromatic rings. The minimum absolute atomic E-state index is 0.274. The minimum atomic E-state index is -0.510. The molecule has 0 fully saturated rings. The van der Waals surface area contributed by atoms with Gasteiger partial charge in [-0.05, 0) is 30.8 Å². The van der Waals surface area contributed by atoms with E-state index in [1.54, 1.807) is 13.0 Å². The van der Waals surface area contributed by atoms with Crippen molar-refractivity contribution in [3.8, 4) is 5.75 Å². The first-order valence-electron chi connectivity index (χ1n) is 9.02. The average molecular weight is 394 g/mol. The van der Waals surface area contributed by atoms with E-state index in [2.05, 4.69) is 17.2 Å². The Bertz CT molecular complexity index is 909. The molecule has 144 valence electrons. The zero-order chi connectivity index (χ0) is 19.9. The van der Waals surface area contributed by atoms with Crippen molar-refractivity contribution in [3.05, 3.63) is 84.0 Å². The largest absolute Gasteiger partial charge is 0.489 e. The van der Waals surface area contributed by atoms with Crippen molar-refractivity contribution in [2.45, 2.75) is 13.0 Å². The SMILES string of the molecule is C=CCOc1ccccc1[C@@H]1NC(=S)NC(c2ccccc2)=C1C(=O)OCC. The molecule has 0 bridgehead atoms. The van der Waals surface area contributed by atoms with Gasteiger partial charge in [0, 0.05) is 5.56 Å². The molecule has 0 unspecified atom stereocenters. The van der Waals surface area contributed by atoms with Crippen LogP contribution in [0, 0.1) is 0 Å². The van der Waals surface area contributed by atoms with E-state index in [4.69, 9.17) is 21.7 Å². The quantitative estimate of drug-likeness (QED) is 0.424. The molecule has 28 heavy (non-hydrogen) atoms. The molecule has 1 heterocycles. The van der Waals surface area contributed by atoms with Gasteiger partial charge in [0.15, 0.2) is 5.11 Å². The van der Waals surface area contributed by atoms with Gasteiger partial charge in [-0.3, -0.25) is 0 Å². The van der Waals surface area contributed by atoms with Gasteiger partial charge in [0.1, 0.15) is 12.4 Å². The molecule has 0 saturated heterocycles. The Kier molecular flexibility index (Phi) is 6.45. The fourth-order valence-electron chi connectivity index (χ4n) is 3.06. The third-order valence-electron chi connectivity index (χ3n) is 4.22. The van der Waals surface area contributed by atoms with Crippen LogP contribution < -0.4 is 15.4 Å². The molecular formula is C22H22N2O3S. The first-order chi connectivity index (χ1) is 13.7. The van der Waals surface area contributed by atoms with Crippen molar-refractivity contribution in [2.75, 3.05) is 13.2 Å². The molecule has 1 aliphatic rings. The van der Waals surface area contributed by atoms with Gasteiger partial charge in [-0.25, -0.2) is 4.79 Å². The molecule has 0 amide bonds. The minimum Gasteiger partial charge on any atom is -0.489 e. The van der Waals surface area contributed by atoms with Crippen LogP contribution >= 0.6 is 12.2 Å². The average Bonchev–Trinajstić information content (AvgIpc) is 2.72. The van der Waals surface area contributed by atoms with Gasteiger partial charge in [0.2, 0.25) is 0 Å². The number of carbonyl (C=O) groups is 1. The fourth-order valence-corrected chi connectivity index (χ4v) is 3.28. The van der Waals surface area contributed by atoms with E-state index < -0.39 is 12.0 Å². The molecular weight excluding hydrogens is 372 g/mol. The Labute approximate surface area is 170 Å². The van der Waals surface area contributed by atoms with E-state index >= 15 is 0 Å². The number of para-hydroxylation sites is 1. The molecule has 0 aromatic heterocycles. The van der Waals surface area contributed by atoms with Gasteiger partial charge in [-0.1, -0.05) is 61.2 Å². The highest BCUT2D eigenvalue weighted by molar-refractivity contribution is 7.80. The van der Waals surface area contributed by atoms with Crippen LogP contribution in [0.3, 0.4) is 0 Å². The molecule has 0 radical (unpaired) electrons. The summed E-state index contributed by atoms with van der Waals surface area (Å²) in [6.07, 6.45) is 1.68. The van der Waals surface area contributed by atoms with Gasteiger partial charge in [0.25, 0.3) is 0 Å². The lowest BCUT2D eigenvalue weighted by molar-refractivity contribution is -0.138. The number of esters is 1. The normalized spacial score (nSPS) is 16.0. The van der Waals surface area contributed by atoms with Crippen LogP contribution in [-0.4, -0.2) is 24.3 Å². The Morgan fingerprint density at radius 1 is 1.18 bits per heavy atom. The van der Waals surface area contributed by atoms with Crippen molar-refractivity contribution in [1.29, 1.82) is 0 Å². The van der Waals surface area contributed by atoms with Gasteiger partial charge >= 0.3 is 5.97 Å². The Morgan fingerprint density at radius 3 is 2.61 bits per heavy atom. The number of thiocarbonyl (C=S) groups is 1. The molecule has 2 aromatic carbocycles. The third-order valence-corrected chi connectivity index (χ3v) is 4.44. The summed E-state index contributed by atoms with van der Waals surface area (Å²) in [5, 5.41) is 6.75. The van der Waals surface area contributed by atoms with Crippen LogP contribution in [0.15, 0.2) is 72.8 Å². The molecule has 0 saturated carbocycles. The summed E-state index contributed by atoms with van der Waals surface area (Å²) in [6.45, 7) is 6.11. The maximum Gasteiger partial charge on any atom is 0.338 e. The summed E-state index contributed by atoms with van der Waals surface area (Å²) in [6, 6.07) is 16.6. The number of hydrogen-bond acceptors (Lipinski definition) is 4. The molecule has 0 aliphatic carbocycles. The number of hydrogen-bond donors (Lipinski definition) is 2. The highest BCUT2D eigenvalue weighted by atomic mass is 32.1. The van der Waals surface area contributed by atoms with Crippen LogP contribution in [-0.2, 0) is 9.53 Å². The van der Waals surface area contributed by atoms with Gasteiger partial charge in [0.05, 0.1) is 23.9 Å². The highest BCUT2D eigenvalue weighted by Gasteiger charge is 2.34. The zero-order valence-corrected chi connectivity index (χ0v) is 16.4. The Morgan fingerprint density at radius 2 is 1.89 bits per heavy atom. The van der Waals surface area contributed by atoms with Crippen molar-refractivity contribution >= 4 is 29.0 Å². The van der Waals surface area contributed by atoms with E-state index in [0.29, 0.717) is 28.7 Å². The number of rotatable bonds is 7. The summed E-state index contributed by atoms with van der Waals surface area (Å²) in [4.78, 5) is 12.9. The second-order valence-corrected chi connectivity index (χ2v) is 6.45. The summed E-state index contributed by atoms with van der Waals surface area (Å²) in [5.74, 6) is 0.242. The lowest BCUT2D eigenvalue weighted by atomic mass is 9.92. The standard InChI is InChI=1S/C22H22N2O3S/c1-3-14-27-17-13-9-8-12-16(17)20-18(21(25)26-4-2)19(23-22(28)24-20)15-10-6-5-7-11-15/h3,5-13,20H,1,4,14H2,2H3,(H2,23,24,28)/t20-/m0/s1. The third kappa shape index (κ3) is 4.23. The van der Waals surface area contributed by atoms with Crippen molar-refractivity contribution in [1.82, 2.24) is 10.6 Å². The van der Waals surface area contributed by atoms with Gasteiger partial charge < -0.3 is 20.1 Å². The summed E-state index contributed by atoms with van der Waals surface area (Å²) >= 11 is 5.43. The molecule has 5 nitrogen and oxygen atoms in total. The van der Waals surface area contributed by atoms with Crippen LogP contribution in [0.25, 0.3) is 5.70 Å². The van der Waals surface area contributed by atoms with Crippen LogP contribution in [0.4, 0.5) is 0 Å². The topological polar surface area (TPSA) is 59.6 Å². The predicted molar refractivity (Wildman–Crippen MR) is 114 cm³/mol. The van der Waals surface area contributed by atoms with Crippen molar-refractivity contribution in [3.63, 3.8) is 0 Å². The zero-order valence-electron chi connectivity index (χ0n) is 15.6. The second-order valence-electron chi connectivity index (χ2n) is 6.04. The highest BCUT2D eigenvalue weighted by Crippen LogP contribution is 2.36. The van der Waals surface area contributed by atoms with Gasteiger partial charge in [-0.2, -0.15) is 0 Å². The predicted octanol–water partition coefficient (Wildman–Crippen LogP) is 3.74. The van der Waals surface area contributed by atoms with Gasteiger partial charge in [-0.15, -0.1) is 0 Å². The summed E-state index contributed by atoms with van der Waals surface area (Å²) < 4.78 is 11.2. The van der Waals surface area contributed by atoms with E-state index in [-0.39, 0.29) is 6.61 Å². The summed E-state index contributed by atoms with van der Waals surface area (Å²) in [7, 11) is 0. The molecule has 0 spiro atoms. The lowest BCUT2D eigenvalue weighted by Gasteiger charge is -2.32. The lowest BCUT2D eigenvalue weighted by Crippen LogP contribution is -2.45. The monoisotopic (exact) mass is 394 g/mol. The van der Waals surface area contributed by atoms with Crippen molar-refractivity contribution < 1.29 is 14.3 Å². The Hall–Kier alpha value is -3.12. The van der Waals surface area contributed by atoms with E-state index in [0.717, 1.165) is 11.1 Å². The second kappa shape index (κ2) is 9.19. The Balaban J connectivity index is 2.17. The summed E-state index contributed by atoms with van der Waals surface area (Å²) in [5.41, 5.74) is 2.73. The van der Waals surface area contributed by atoms with Crippen LogP contribution in [0.2, 0.25) is 0 Å². The maximum atomic E-state index is 12.9. The fraction of sp³-hybridized carbons (Fsp3) is 0.182. The number of ether oxygens (including phenoxy) is 2. The maximum absolute atomic E-state index is 12.9.